The van der Waals surface area contributed by atoms with E-state index in [1.807, 2.05) is 12.1 Å². The van der Waals surface area contributed by atoms with Crippen molar-refractivity contribution < 1.29 is 9.47 Å². The third-order valence-corrected chi connectivity index (χ3v) is 3.17. The first-order chi connectivity index (χ1) is 8.38. The lowest BCUT2D eigenvalue weighted by molar-refractivity contribution is 0.146. The van der Waals surface area contributed by atoms with E-state index in [-0.39, 0.29) is 0 Å². The summed E-state index contributed by atoms with van der Waals surface area (Å²) in [5.74, 6) is 1.73. The lowest BCUT2D eigenvalue weighted by Gasteiger charge is -2.09. The third kappa shape index (κ3) is 4.02. The molecule has 0 amide bonds. The van der Waals surface area contributed by atoms with Gasteiger partial charge in [0.2, 0.25) is 0 Å². The average Bonchev–Trinajstić information content (AvgIpc) is 2.85. The van der Waals surface area contributed by atoms with E-state index in [1.165, 1.54) is 24.9 Å². The van der Waals surface area contributed by atoms with Crippen LogP contribution in [0.3, 0.4) is 0 Å². The van der Waals surface area contributed by atoms with Crippen LogP contribution < -0.4 is 10.1 Å². The fourth-order valence-electron chi connectivity index (χ4n) is 2.19. The number of methoxy groups -OCH3 is 1. The summed E-state index contributed by atoms with van der Waals surface area (Å²) in [6, 6.07) is 8.43. The SMILES string of the molecule is COCCOc1ccc(CC2CCNC2)cc1. The molecule has 0 aromatic heterocycles. The maximum absolute atomic E-state index is 5.53. The molecular weight excluding hydrogens is 214 g/mol. The highest BCUT2D eigenvalue weighted by Gasteiger charge is 2.14. The second kappa shape index (κ2) is 6.62. The van der Waals surface area contributed by atoms with Gasteiger partial charge in [0.1, 0.15) is 12.4 Å². The molecule has 1 N–H and O–H groups in total. The zero-order valence-electron chi connectivity index (χ0n) is 10.4. The highest BCUT2D eigenvalue weighted by Crippen LogP contribution is 2.18. The van der Waals surface area contributed by atoms with E-state index in [2.05, 4.69) is 17.4 Å². The Bertz CT molecular complexity index is 317. The Morgan fingerprint density at radius 3 is 2.71 bits per heavy atom. The van der Waals surface area contributed by atoms with Crippen molar-refractivity contribution in [2.75, 3.05) is 33.4 Å². The molecule has 94 valence electrons. The maximum Gasteiger partial charge on any atom is 0.119 e. The van der Waals surface area contributed by atoms with Gasteiger partial charge in [-0.1, -0.05) is 12.1 Å². The predicted octanol–water partition coefficient (Wildman–Crippen LogP) is 1.86. The standard InChI is InChI=1S/C14H21NO2/c1-16-8-9-17-14-4-2-12(3-5-14)10-13-6-7-15-11-13/h2-5,13,15H,6-11H2,1H3. The average molecular weight is 235 g/mol. The van der Waals surface area contributed by atoms with Crippen molar-refractivity contribution in [2.24, 2.45) is 5.92 Å². The summed E-state index contributed by atoms with van der Waals surface area (Å²) in [6.45, 7) is 3.58. The van der Waals surface area contributed by atoms with E-state index >= 15 is 0 Å². The number of ether oxygens (including phenoxy) is 2. The Hall–Kier alpha value is -1.06. The molecule has 1 fully saturated rings. The number of rotatable bonds is 6. The first-order valence-electron chi connectivity index (χ1n) is 6.30. The number of hydrogen-bond donors (Lipinski definition) is 1. The van der Waals surface area contributed by atoms with Gasteiger partial charge in [0.15, 0.2) is 0 Å². The number of benzene rings is 1. The van der Waals surface area contributed by atoms with Crippen molar-refractivity contribution >= 4 is 0 Å². The Morgan fingerprint density at radius 2 is 2.06 bits per heavy atom. The molecule has 1 aromatic rings. The summed E-state index contributed by atoms with van der Waals surface area (Å²) in [6.07, 6.45) is 2.47. The van der Waals surface area contributed by atoms with Crippen LogP contribution in [0.25, 0.3) is 0 Å². The second-order valence-electron chi connectivity index (χ2n) is 4.55. The van der Waals surface area contributed by atoms with Gasteiger partial charge in [-0.2, -0.15) is 0 Å². The number of nitrogens with one attached hydrogen (secondary N) is 1. The lowest BCUT2D eigenvalue weighted by atomic mass is 9.99. The first-order valence-corrected chi connectivity index (χ1v) is 6.30. The zero-order valence-corrected chi connectivity index (χ0v) is 10.4. The van der Waals surface area contributed by atoms with Gasteiger partial charge in [-0.3, -0.25) is 0 Å². The van der Waals surface area contributed by atoms with Crippen LogP contribution in [0.4, 0.5) is 0 Å². The minimum Gasteiger partial charge on any atom is -0.491 e. The molecule has 1 aliphatic rings. The van der Waals surface area contributed by atoms with Gasteiger partial charge in [0.25, 0.3) is 0 Å². The van der Waals surface area contributed by atoms with Crippen molar-refractivity contribution in [2.45, 2.75) is 12.8 Å². The molecule has 1 atom stereocenters. The topological polar surface area (TPSA) is 30.5 Å². The van der Waals surface area contributed by atoms with Crippen LogP contribution in [0.15, 0.2) is 24.3 Å². The summed E-state index contributed by atoms with van der Waals surface area (Å²) in [4.78, 5) is 0. The Morgan fingerprint density at radius 1 is 1.24 bits per heavy atom. The van der Waals surface area contributed by atoms with Crippen LogP contribution in [0, 0.1) is 5.92 Å². The van der Waals surface area contributed by atoms with Crippen LogP contribution >= 0.6 is 0 Å². The minimum absolute atomic E-state index is 0.613. The molecule has 1 aromatic carbocycles. The van der Waals surface area contributed by atoms with E-state index < -0.39 is 0 Å². The molecule has 2 rings (SSSR count). The molecule has 1 aliphatic heterocycles. The number of hydrogen-bond acceptors (Lipinski definition) is 3. The fourth-order valence-corrected chi connectivity index (χ4v) is 2.19. The molecule has 1 unspecified atom stereocenters. The van der Waals surface area contributed by atoms with Gasteiger partial charge in [-0.05, 0) is 49.5 Å². The smallest absolute Gasteiger partial charge is 0.119 e. The third-order valence-electron chi connectivity index (χ3n) is 3.17. The molecule has 3 heteroatoms. The van der Waals surface area contributed by atoms with E-state index in [1.54, 1.807) is 7.11 Å². The van der Waals surface area contributed by atoms with Crippen molar-refractivity contribution in [3.05, 3.63) is 29.8 Å². The maximum atomic E-state index is 5.53. The van der Waals surface area contributed by atoms with E-state index in [9.17, 15) is 0 Å². The van der Waals surface area contributed by atoms with E-state index in [4.69, 9.17) is 9.47 Å². The highest BCUT2D eigenvalue weighted by molar-refractivity contribution is 5.27. The molecule has 0 aliphatic carbocycles. The first kappa shape index (κ1) is 12.4. The summed E-state index contributed by atoms with van der Waals surface area (Å²) < 4.78 is 10.5. The van der Waals surface area contributed by atoms with Crippen molar-refractivity contribution in [1.29, 1.82) is 0 Å². The van der Waals surface area contributed by atoms with Crippen LogP contribution in [-0.4, -0.2) is 33.4 Å². The minimum atomic E-state index is 0.613. The molecule has 0 spiro atoms. The van der Waals surface area contributed by atoms with Crippen molar-refractivity contribution in [3.8, 4) is 5.75 Å². The van der Waals surface area contributed by atoms with Gasteiger partial charge in [0.05, 0.1) is 6.61 Å². The Labute approximate surface area is 103 Å². The second-order valence-corrected chi connectivity index (χ2v) is 4.55. The van der Waals surface area contributed by atoms with E-state index in [0.29, 0.717) is 13.2 Å². The quantitative estimate of drug-likeness (QED) is 0.763. The van der Waals surface area contributed by atoms with Gasteiger partial charge >= 0.3 is 0 Å². The Kier molecular flexibility index (Phi) is 4.83. The predicted molar refractivity (Wildman–Crippen MR) is 68.5 cm³/mol. The molecule has 17 heavy (non-hydrogen) atoms. The zero-order chi connectivity index (χ0) is 11.9. The largest absolute Gasteiger partial charge is 0.491 e. The van der Waals surface area contributed by atoms with Gasteiger partial charge in [0, 0.05) is 7.11 Å². The molecule has 0 radical (unpaired) electrons. The fraction of sp³-hybridized carbons (Fsp3) is 0.571. The van der Waals surface area contributed by atoms with Crippen LogP contribution in [0.5, 0.6) is 5.75 Å². The molecule has 0 bridgehead atoms. The molecule has 1 saturated heterocycles. The summed E-state index contributed by atoms with van der Waals surface area (Å²) in [7, 11) is 1.68. The molecular formula is C14H21NO2. The van der Waals surface area contributed by atoms with Gasteiger partial charge < -0.3 is 14.8 Å². The van der Waals surface area contributed by atoms with Crippen molar-refractivity contribution in [3.63, 3.8) is 0 Å². The normalized spacial score (nSPS) is 19.5. The monoisotopic (exact) mass is 235 g/mol. The molecule has 3 nitrogen and oxygen atoms in total. The Balaban J connectivity index is 1.80. The summed E-state index contributed by atoms with van der Waals surface area (Å²) >= 11 is 0. The van der Waals surface area contributed by atoms with Crippen molar-refractivity contribution in [1.82, 2.24) is 5.32 Å². The molecule has 1 heterocycles. The van der Waals surface area contributed by atoms with Crippen LogP contribution in [0.1, 0.15) is 12.0 Å². The van der Waals surface area contributed by atoms with E-state index in [0.717, 1.165) is 18.2 Å². The highest BCUT2D eigenvalue weighted by atomic mass is 16.5. The molecule has 0 saturated carbocycles. The summed E-state index contributed by atoms with van der Waals surface area (Å²) in [5, 5.41) is 3.40. The summed E-state index contributed by atoms with van der Waals surface area (Å²) in [5.41, 5.74) is 1.40. The van der Waals surface area contributed by atoms with Gasteiger partial charge in [-0.15, -0.1) is 0 Å². The van der Waals surface area contributed by atoms with Crippen LogP contribution in [0.2, 0.25) is 0 Å². The lowest BCUT2D eigenvalue weighted by Crippen LogP contribution is -2.10. The van der Waals surface area contributed by atoms with Gasteiger partial charge in [-0.25, -0.2) is 0 Å². The van der Waals surface area contributed by atoms with Crippen LogP contribution in [-0.2, 0) is 11.2 Å².